The Bertz CT molecular complexity index is 968. The fraction of sp³-hybridized carbons (Fsp3) is 0.318. The van der Waals surface area contributed by atoms with Gasteiger partial charge < -0.3 is 10.6 Å². The SMILES string of the molecule is CCc1ccccc1NC(=O)CNC(=O)CN(C)[C@H](C)c1nc2ccccc2s1. The Kier molecular flexibility index (Phi) is 6.95. The molecule has 6 nitrogen and oxygen atoms in total. The minimum absolute atomic E-state index is 0.00316. The second-order valence-electron chi connectivity index (χ2n) is 6.95. The molecule has 152 valence electrons. The highest BCUT2D eigenvalue weighted by atomic mass is 32.1. The summed E-state index contributed by atoms with van der Waals surface area (Å²) in [6.45, 7) is 4.20. The highest BCUT2D eigenvalue weighted by molar-refractivity contribution is 7.18. The van der Waals surface area contributed by atoms with Crippen molar-refractivity contribution in [1.82, 2.24) is 15.2 Å². The van der Waals surface area contributed by atoms with Crippen molar-refractivity contribution in [2.75, 3.05) is 25.5 Å². The number of aromatic nitrogens is 1. The monoisotopic (exact) mass is 410 g/mol. The molecule has 1 aromatic heterocycles. The number of fused-ring (bicyclic) bond motifs is 1. The molecule has 0 fully saturated rings. The first-order valence-electron chi connectivity index (χ1n) is 9.68. The van der Waals surface area contributed by atoms with Crippen LogP contribution in [-0.4, -0.2) is 41.8 Å². The molecule has 0 saturated carbocycles. The number of para-hydroxylation sites is 2. The van der Waals surface area contributed by atoms with Crippen LogP contribution in [0, 0.1) is 0 Å². The van der Waals surface area contributed by atoms with Gasteiger partial charge in [0.25, 0.3) is 0 Å². The van der Waals surface area contributed by atoms with E-state index in [0.717, 1.165) is 32.9 Å². The number of thiazole rings is 1. The first kappa shape index (κ1) is 21.0. The van der Waals surface area contributed by atoms with E-state index in [1.165, 1.54) is 0 Å². The minimum atomic E-state index is -0.235. The summed E-state index contributed by atoms with van der Waals surface area (Å²) >= 11 is 1.64. The number of nitrogens with one attached hydrogen (secondary N) is 2. The quantitative estimate of drug-likeness (QED) is 0.595. The highest BCUT2D eigenvalue weighted by Gasteiger charge is 2.19. The molecule has 0 saturated heterocycles. The Balaban J connectivity index is 1.50. The van der Waals surface area contributed by atoms with E-state index in [9.17, 15) is 9.59 Å². The van der Waals surface area contributed by atoms with Crippen molar-refractivity contribution in [3.05, 3.63) is 59.1 Å². The molecule has 0 aliphatic heterocycles. The van der Waals surface area contributed by atoms with E-state index in [1.807, 2.05) is 74.3 Å². The van der Waals surface area contributed by atoms with Gasteiger partial charge in [-0.25, -0.2) is 4.98 Å². The van der Waals surface area contributed by atoms with E-state index in [2.05, 4.69) is 15.6 Å². The lowest BCUT2D eigenvalue weighted by atomic mass is 10.1. The van der Waals surface area contributed by atoms with Crippen LogP contribution in [0.4, 0.5) is 5.69 Å². The molecule has 29 heavy (non-hydrogen) atoms. The van der Waals surface area contributed by atoms with E-state index in [4.69, 9.17) is 0 Å². The summed E-state index contributed by atoms with van der Waals surface area (Å²) < 4.78 is 1.14. The van der Waals surface area contributed by atoms with Crippen LogP contribution in [0.5, 0.6) is 0 Å². The van der Waals surface area contributed by atoms with Gasteiger partial charge in [-0.1, -0.05) is 37.3 Å². The third kappa shape index (κ3) is 5.40. The number of benzene rings is 2. The van der Waals surface area contributed by atoms with Crippen LogP contribution < -0.4 is 10.6 Å². The number of hydrogen-bond acceptors (Lipinski definition) is 5. The van der Waals surface area contributed by atoms with Crippen LogP contribution in [-0.2, 0) is 16.0 Å². The summed E-state index contributed by atoms with van der Waals surface area (Å²) in [5, 5.41) is 6.52. The Labute approximate surface area is 174 Å². The second kappa shape index (κ2) is 9.62. The van der Waals surface area contributed by atoms with Gasteiger partial charge in [0, 0.05) is 5.69 Å². The fourth-order valence-electron chi connectivity index (χ4n) is 3.00. The van der Waals surface area contributed by atoms with Crippen molar-refractivity contribution in [3.63, 3.8) is 0 Å². The van der Waals surface area contributed by atoms with Crippen molar-refractivity contribution in [2.45, 2.75) is 26.3 Å². The van der Waals surface area contributed by atoms with Crippen LogP contribution in [0.15, 0.2) is 48.5 Å². The lowest BCUT2D eigenvalue weighted by Gasteiger charge is -2.22. The van der Waals surface area contributed by atoms with E-state index in [-0.39, 0.29) is 30.9 Å². The summed E-state index contributed by atoms with van der Waals surface area (Å²) in [6.07, 6.45) is 0.831. The van der Waals surface area contributed by atoms with Crippen LogP contribution in [0.25, 0.3) is 10.2 Å². The first-order valence-corrected chi connectivity index (χ1v) is 10.5. The number of nitrogens with zero attached hydrogens (tertiary/aromatic N) is 2. The predicted molar refractivity (Wildman–Crippen MR) is 118 cm³/mol. The summed E-state index contributed by atoms with van der Waals surface area (Å²) in [4.78, 5) is 31.1. The largest absolute Gasteiger partial charge is 0.346 e. The average molecular weight is 411 g/mol. The van der Waals surface area contributed by atoms with Crippen LogP contribution in [0.1, 0.15) is 30.5 Å². The van der Waals surface area contributed by atoms with Gasteiger partial charge in [0.2, 0.25) is 11.8 Å². The zero-order valence-electron chi connectivity index (χ0n) is 16.9. The average Bonchev–Trinajstić information content (AvgIpc) is 3.16. The number of likely N-dealkylation sites (N-methyl/N-ethyl adjacent to an activating group) is 1. The molecule has 3 rings (SSSR count). The number of anilines is 1. The van der Waals surface area contributed by atoms with Crippen LogP contribution >= 0.6 is 11.3 Å². The Morgan fingerprint density at radius 2 is 1.83 bits per heavy atom. The van der Waals surface area contributed by atoms with Gasteiger partial charge in [-0.3, -0.25) is 14.5 Å². The lowest BCUT2D eigenvalue weighted by Crippen LogP contribution is -2.40. The van der Waals surface area contributed by atoms with Crippen molar-refractivity contribution >= 4 is 39.1 Å². The molecular weight excluding hydrogens is 384 g/mol. The van der Waals surface area contributed by atoms with Gasteiger partial charge in [0.1, 0.15) is 5.01 Å². The van der Waals surface area contributed by atoms with E-state index >= 15 is 0 Å². The summed E-state index contributed by atoms with van der Waals surface area (Å²) in [5.41, 5.74) is 2.83. The molecule has 0 radical (unpaired) electrons. The smallest absolute Gasteiger partial charge is 0.243 e. The Morgan fingerprint density at radius 3 is 2.59 bits per heavy atom. The van der Waals surface area contributed by atoms with Crippen molar-refractivity contribution in [1.29, 1.82) is 0 Å². The molecule has 1 atom stereocenters. The summed E-state index contributed by atoms with van der Waals surface area (Å²) in [6, 6.07) is 15.7. The Morgan fingerprint density at radius 1 is 1.10 bits per heavy atom. The molecule has 0 aliphatic rings. The van der Waals surface area contributed by atoms with Crippen molar-refractivity contribution < 1.29 is 9.59 Å². The maximum Gasteiger partial charge on any atom is 0.243 e. The second-order valence-corrected chi connectivity index (χ2v) is 8.01. The number of carbonyl (C=O) groups is 2. The third-order valence-electron chi connectivity index (χ3n) is 4.84. The third-order valence-corrected chi connectivity index (χ3v) is 6.05. The molecule has 0 aliphatic carbocycles. The van der Waals surface area contributed by atoms with E-state index in [1.54, 1.807) is 11.3 Å². The molecular formula is C22H26N4O2S. The van der Waals surface area contributed by atoms with Gasteiger partial charge in [-0.05, 0) is 44.2 Å². The fourth-order valence-corrected chi connectivity index (χ4v) is 4.09. The van der Waals surface area contributed by atoms with Gasteiger partial charge in [-0.2, -0.15) is 0 Å². The minimum Gasteiger partial charge on any atom is -0.346 e. The molecule has 3 aromatic rings. The number of carbonyl (C=O) groups excluding carboxylic acids is 2. The molecule has 7 heteroatoms. The van der Waals surface area contributed by atoms with Gasteiger partial charge in [0.05, 0.1) is 29.3 Å². The predicted octanol–water partition coefficient (Wildman–Crippen LogP) is 3.61. The molecule has 0 spiro atoms. The molecule has 0 unspecified atom stereocenters. The highest BCUT2D eigenvalue weighted by Crippen LogP contribution is 2.28. The molecule has 1 heterocycles. The number of hydrogen-bond donors (Lipinski definition) is 2. The lowest BCUT2D eigenvalue weighted by molar-refractivity contribution is -0.125. The van der Waals surface area contributed by atoms with E-state index < -0.39 is 0 Å². The topological polar surface area (TPSA) is 74.3 Å². The standard InChI is InChI=1S/C22H26N4O2S/c1-4-16-9-5-6-10-17(16)24-20(27)13-23-21(28)14-26(3)15(2)22-25-18-11-7-8-12-19(18)29-22/h5-12,15H,4,13-14H2,1-3H3,(H,23,28)(H,24,27)/t15-/m1/s1. The zero-order chi connectivity index (χ0) is 20.8. The van der Waals surface area contributed by atoms with Crippen molar-refractivity contribution in [3.8, 4) is 0 Å². The molecule has 2 N–H and O–H groups in total. The summed E-state index contributed by atoms with van der Waals surface area (Å²) in [7, 11) is 1.88. The number of aryl methyl sites for hydroxylation is 1. The molecule has 2 aromatic carbocycles. The van der Waals surface area contributed by atoms with Crippen LogP contribution in [0.2, 0.25) is 0 Å². The number of rotatable bonds is 8. The van der Waals surface area contributed by atoms with Crippen LogP contribution in [0.3, 0.4) is 0 Å². The van der Waals surface area contributed by atoms with Gasteiger partial charge in [0.15, 0.2) is 0 Å². The number of amides is 2. The first-order chi connectivity index (χ1) is 14.0. The zero-order valence-corrected chi connectivity index (χ0v) is 17.8. The van der Waals surface area contributed by atoms with Gasteiger partial charge >= 0.3 is 0 Å². The summed E-state index contributed by atoms with van der Waals surface area (Å²) in [5.74, 6) is -0.430. The maximum absolute atomic E-state index is 12.3. The van der Waals surface area contributed by atoms with Gasteiger partial charge in [-0.15, -0.1) is 11.3 Å². The molecule has 0 bridgehead atoms. The van der Waals surface area contributed by atoms with Crippen molar-refractivity contribution in [2.24, 2.45) is 0 Å². The normalized spacial score (nSPS) is 12.1. The maximum atomic E-state index is 12.3. The van der Waals surface area contributed by atoms with E-state index in [0.29, 0.717) is 0 Å². The Hall–Kier alpha value is -2.77. The molecule has 2 amide bonds.